The first-order chi connectivity index (χ1) is 5.75. The van der Waals surface area contributed by atoms with E-state index in [9.17, 15) is 0 Å². The smallest absolute Gasteiger partial charge is 0.189 e. The van der Waals surface area contributed by atoms with Gasteiger partial charge in [0.05, 0.1) is 0 Å². The molecule has 0 unspecified atom stereocenters. The maximum Gasteiger partial charge on any atom is 1.00 e. The van der Waals surface area contributed by atoms with Gasteiger partial charge >= 0.3 is 18.9 Å². The van der Waals surface area contributed by atoms with E-state index < -0.39 is 6.15 Å². The van der Waals surface area contributed by atoms with Crippen LogP contribution in [0.2, 0.25) is 22.8 Å². The van der Waals surface area contributed by atoms with E-state index in [1.54, 1.807) is 0 Å². The summed E-state index contributed by atoms with van der Waals surface area (Å²) in [5.74, 6) is 0. The molecule has 2 heteroatoms. The van der Waals surface area contributed by atoms with Crippen LogP contribution in [0.25, 0.3) is 0 Å². The fraction of sp³-hybridized carbons (Fsp3) is 1.00. The normalized spacial score (nSPS) is 14.8. The zero-order valence-corrected chi connectivity index (χ0v) is 13.1. The van der Waals surface area contributed by atoms with E-state index in [4.69, 9.17) is 0 Å². The van der Waals surface area contributed by atoms with Crippen molar-refractivity contribution in [2.24, 2.45) is 0 Å². The molecule has 0 saturated heterocycles. The second kappa shape index (κ2) is 4.50. The number of hydrogen-bond donors (Lipinski definition) is 0. The van der Waals surface area contributed by atoms with Crippen LogP contribution < -0.4 is 18.9 Å². The van der Waals surface area contributed by atoms with Crippen molar-refractivity contribution in [3.05, 3.63) is 0 Å². The second-order valence-corrected chi connectivity index (χ2v) is 8.40. The zero-order chi connectivity index (χ0) is 12.0. The summed E-state index contributed by atoms with van der Waals surface area (Å²) < 4.78 is 0. The topological polar surface area (TPSA) is 0 Å². The summed E-state index contributed by atoms with van der Waals surface area (Å²) in [6.07, 6.45) is -0.438. The van der Waals surface area contributed by atoms with Crippen molar-refractivity contribution in [2.75, 3.05) is 0 Å². The molecule has 0 aliphatic rings. The van der Waals surface area contributed by atoms with E-state index in [1.165, 1.54) is 0 Å². The maximum atomic E-state index is 2.50. The van der Waals surface area contributed by atoms with Crippen LogP contribution in [0, 0.1) is 0 Å². The van der Waals surface area contributed by atoms with Crippen LogP contribution in [0.5, 0.6) is 0 Å². The first-order valence-corrected chi connectivity index (χ1v) is 5.94. The Bertz CT molecular complexity index is 164. The van der Waals surface area contributed by atoms with Gasteiger partial charge in [0.15, 0.2) is 0 Å². The first-order valence-electron chi connectivity index (χ1n) is 5.94. The standard InChI is InChI=1S/C13H30B.Li/c1-11(2,3)14(10,12(4,5)6)13(7,8)9;/h1-10H3;/q-1;+1. The van der Waals surface area contributed by atoms with E-state index in [-0.39, 0.29) is 18.9 Å². The van der Waals surface area contributed by atoms with Crippen LogP contribution in [0.4, 0.5) is 0 Å². The van der Waals surface area contributed by atoms with Gasteiger partial charge in [-0.25, -0.2) is 0 Å². The van der Waals surface area contributed by atoms with Crippen LogP contribution in [0.3, 0.4) is 0 Å². The third kappa shape index (κ3) is 3.07. The minimum Gasteiger partial charge on any atom is -0.189 e. The van der Waals surface area contributed by atoms with E-state index in [0.29, 0.717) is 15.9 Å². The Morgan fingerprint density at radius 2 is 0.667 bits per heavy atom. The summed E-state index contributed by atoms with van der Waals surface area (Å²) >= 11 is 0. The van der Waals surface area contributed by atoms with Crippen LogP contribution in [-0.4, -0.2) is 6.15 Å². The van der Waals surface area contributed by atoms with Gasteiger partial charge in [-0.05, 0) is 0 Å². The summed E-state index contributed by atoms with van der Waals surface area (Å²) in [7, 11) is 0. The van der Waals surface area contributed by atoms with E-state index in [0.717, 1.165) is 0 Å². The average molecular weight is 204 g/mol. The van der Waals surface area contributed by atoms with E-state index >= 15 is 0 Å². The molecular formula is C13H30BLi. The van der Waals surface area contributed by atoms with Crippen molar-refractivity contribution in [1.82, 2.24) is 0 Å². The van der Waals surface area contributed by atoms with Crippen molar-refractivity contribution >= 4 is 6.15 Å². The van der Waals surface area contributed by atoms with E-state index in [2.05, 4.69) is 69.1 Å². The van der Waals surface area contributed by atoms with Gasteiger partial charge in [-0.15, -0.1) is 0 Å². The first kappa shape index (κ1) is 18.0. The molecule has 0 fully saturated rings. The minimum absolute atomic E-state index is 0. The fourth-order valence-corrected chi connectivity index (χ4v) is 3.90. The molecule has 0 nitrogen and oxygen atoms in total. The zero-order valence-electron chi connectivity index (χ0n) is 13.1. The number of rotatable bonds is 0. The maximum absolute atomic E-state index is 2.50. The molecule has 0 aliphatic carbocycles. The molecule has 0 radical (unpaired) electrons. The van der Waals surface area contributed by atoms with Gasteiger partial charge in [0.2, 0.25) is 0 Å². The molecule has 0 saturated carbocycles. The van der Waals surface area contributed by atoms with Crippen molar-refractivity contribution < 1.29 is 18.9 Å². The van der Waals surface area contributed by atoms with Crippen LogP contribution >= 0.6 is 0 Å². The van der Waals surface area contributed by atoms with Gasteiger partial charge in [-0.3, -0.25) is 0 Å². The van der Waals surface area contributed by atoms with Crippen LogP contribution in [0.15, 0.2) is 0 Å². The Morgan fingerprint density at radius 3 is 0.667 bits per heavy atom. The molecule has 0 aromatic carbocycles. The van der Waals surface area contributed by atoms with Gasteiger partial charge in [0.1, 0.15) is 0 Å². The molecule has 0 aromatic heterocycles. The van der Waals surface area contributed by atoms with Gasteiger partial charge < -0.3 is 0 Å². The van der Waals surface area contributed by atoms with Crippen molar-refractivity contribution in [1.29, 1.82) is 0 Å². The molecule has 0 atom stereocenters. The molecule has 0 heterocycles. The summed E-state index contributed by atoms with van der Waals surface area (Å²) in [5.41, 5.74) is 0. The molecule has 0 spiro atoms. The molecule has 86 valence electrons. The predicted octanol–water partition coefficient (Wildman–Crippen LogP) is 2.47. The minimum atomic E-state index is -0.438. The number of hydrogen-bond acceptors (Lipinski definition) is 0. The van der Waals surface area contributed by atoms with Gasteiger partial charge in [0.25, 0.3) is 0 Å². The van der Waals surface area contributed by atoms with Crippen molar-refractivity contribution in [3.8, 4) is 0 Å². The molecule has 0 aliphatic heterocycles. The third-order valence-corrected chi connectivity index (χ3v) is 5.20. The fourth-order valence-electron chi connectivity index (χ4n) is 3.90. The molecule has 0 bridgehead atoms. The summed E-state index contributed by atoms with van der Waals surface area (Å²) in [6.45, 7) is 24.0. The van der Waals surface area contributed by atoms with Gasteiger partial charge in [-0.2, -0.15) is 22.8 Å². The van der Waals surface area contributed by atoms with Crippen LogP contribution in [0.1, 0.15) is 62.3 Å². The Labute approximate surface area is 110 Å². The molecule has 0 amide bonds. The van der Waals surface area contributed by atoms with E-state index in [1.807, 2.05) is 0 Å². The van der Waals surface area contributed by atoms with Crippen molar-refractivity contribution in [2.45, 2.75) is 85.1 Å². The van der Waals surface area contributed by atoms with Gasteiger partial charge in [-0.1, -0.05) is 62.3 Å². The SMILES string of the molecule is C[B-](C(C)(C)C)(C(C)(C)C)C(C)(C)C.[Li+]. The molecule has 0 aromatic rings. The second-order valence-electron chi connectivity index (χ2n) is 8.40. The molecule has 15 heavy (non-hydrogen) atoms. The summed E-state index contributed by atoms with van der Waals surface area (Å²) in [4.78, 5) is 0. The average Bonchev–Trinajstić information content (AvgIpc) is 1.77. The third-order valence-electron chi connectivity index (χ3n) is 5.20. The van der Waals surface area contributed by atoms with Crippen LogP contribution in [-0.2, 0) is 0 Å². The Hall–Kier alpha value is 0.662. The molecule has 0 N–H and O–H groups in total. The summed E-state index contributed by atoms with van der Waals surface area (Å²) in [6, 6.07) is 0. The largest absolute Gasteiger partial charge is 1.00 e. The molecular weight excluding hydrogens is 174 g/mol. The van der Waals surface area contributed by atoms with Gasteiger partial charge in [0, 0.05) is 6.15 Å². The Morgan fingerprint density at radius 1 is 0.533 bits per heavy atom. The monoisotopic (exact) mass is 204 g/mol. The summed E-state index contributed by atoms with van der Waals surface area (Å²) in [5, 5.41) is 1.16. The quantitative estimate of drug-likeness (QED) is 0.532. The molecule has 0 rings (SSSR count). The van der Waals surface area contributed by atoms with Crippen molar-refractivity contribution in [3.63, 3.8) is 0 Å². The Balaban J connectivity index is 0. The Kier molecular flexibility index (Phi) is 5.41. The predicted molar refractivity (Wildman–Crippen MR) is 70.8 cm³/mol.